The molecule has 0 radical (unpaired) electrons. The maximum absolute atomic E-state index is 12.8. The van der Waals surface area contributed by atoms with E-state index in [1.54, 1.807) is 6.08 Å². The lowest BCUT2D eigenvalue weighted by atomic mass is 10.0. The molecule has 9 heteroatoms. The molecule has 0 spiro atoms. The van der Waals surface area contributed by atoms with Gasteiger partial charge in [-0.05, 0) is 83.5 Å². The average molecular weight is 855 g/mol. The molecule has 0 fully saturated rings. The highest BCUT2D eigenvalue weighted by Crippen LogP contribution is 2.43. The van der Waals surface area contributed by atoms with Crippen LogP contribution in [-0.2, 0) is 18.4 Å². The van der Waals surface area contributed by atoms with Gasteiger partial charge in [-0.3, -0.25) is 13.8 Å². The summed E-state index contributed by atoms with van der Waals surface area (Å²) in [5, 5.41) is 13.6. The fourth-order valence-electron chi connectivity index (χ4n) is 6.08. The largest absolute Gasteiger partial charge is 0.472 e. The minimum absolute atomic E-state index is 0.0586. The molecule has 0 aliphatic carbocycles. The van der Waals surface area contributed by atoms with Crippen LogP contribution in [0.15, 0.2) is 109 Å². The molecule has 0 bridgehead atoms. The summed E-state index contributed by atoms with van der Waals surface area (Å²) >= 11 is 0. The van der Waals surface area contributed by atoms with Gasteiger partial charge in [-0.15, -0.1) is 0 Å². The fraction of sp³-hybridized carbons (Fsp3) is 0.627. The number of phosphoric ester groups is 1. The average Bonchev–Trinajstić information content (AvgIpc) is 3.24. The first kappa shape index (κ1) is 57.2. The lowest BCUT2D eigenvalue weighted by molar-refractivity contribution is -0.122. The molecule has 0 aromatic rings. The molecule has 3 atom stereocenters. The molecule has 3 unspecified atom stereocenters. The molecule has 5 N–H and O–H groups in total. The minimum Gasteiger partial charge on any atom is -0.387 e. The highest BCUT2D eigenvalue weighted by Gasteiger charge is 2.26. The van der Waals surface area contributed by atoms with E-state index in [-0.39, 0.29) is 32.1 Å². The Labute approximate surface area is 367 Å². The van der Waals surface area contributed by atoms with Gasteiger partial charge in [0.25, 0.3) is 0 Å². The van der Waals surface area contributed by atoms with Crippen LogP contribution in [0.4, 0.5) is 0 Å². The highest BCUT2D eigenvalue weighted by atomic mass is 31.2. The fourth-order valence-corrected chi connectivity index (χ4v) is 6.84. The molecule has 0 heterocycles. The Morgan fingerprint density at radius 3 is 1.48 bits per heavy atom. The standard InChI is InChI=1S/C51H87N2O6P/c1-3-5-7-9-11-13-15-17-19-21-23-24-25-26-27-29-31-33-35-37-39-41-43-45-51(55)53-49(48-59-60(56,57)58-47-46-52)50(54)44-42-40-38-36-34-32-30-28-22-20-18-16-14-12-10-8-6-4-2/h5,7,11,13,17,19,23-24,26-27,31,33-34,36-37,39,42,44,49-50,54H,3-4,6,8-10,12,14-16,18,20-22,25,28-30,32,35,38,40-41,43,45-48,52H2,1-2H3,(H,53,55)(H,56,57)/b7-5-,13-11-,19-17-,24-23-,27-26-,33-31-,36-34+,39-37-,44-42+. The van der Waals surface area contributed by atoms with Crippen molar-refractivity contribution in [1.82, 2.24) is 5.32 Å². The van der Waals surface area contributed by atoms with E-state index in [4.69, 9.17) is 14.8 Å². The van der Waals surface area contributed by atoms with Crippen LogP contribution in [0.25, 0.3) is 0 Å². The predicted molar refractivity (Wildman–Crippen MR) is 258 cm³/mol. The van der Waals surface area contributed by atoms with Gasteiger partial charge in [0.2, 0.25) is 5.91 Å². The molecule has 0 aromatic carbocycles. The van der Waals surface area contributed by atoms with Crippen molar-refractivity contribution >= 4 is 13.7 Å². The van der Waals surface area contributed by atoms with E-state index in [1.165, 1.54) is 77.0 Å². The van der Waals surface area contributed by atoms with Gasteiger partial charge < -0.3 is 21.1 Å². The number of amides is 1. The Morgan fingerprint density at radius 1 is 0.567 bits per heavy atom. The summed E-state index contributed by atoms with van der Waals surface area (Å²) in [4.78, 5) is 22.7. The summed E-state index contributed by atoms with van der Waals surface area (Å²) in [5.74, 6) is -0.266. The lowest BCUT2D eigenvalue weighted by Crippen LogP contribution is -2.45. The number of nitrogens with two attached hydrogens (primary N) is 1. The van der Waals surface area contributed by atoms with Crippen LogP contribution < -0.4 is 11.1 Å². The molecule has 342 valence electrons. The van der Waals surface area contributed by atoms with Crippen molar-refractivity contribution < 1.29 is 28.4 Å². The maximum atomic E-state index is 12.8. The summed E-state index contributed by atoms with van der Waals surface area (Å²) in [6.45, 7) is 3.94. The number of carbonyl (C=O) groups excluding carboxylic acids is 1. The third-order valence-corrected chi connectivity index (χ3v) is 10.6. The third kappa shape index (κ3) is 43.3. The smallest absolute Gasteiger partial charge is 0.387 e. The van der Waals surface area contributed by atoms with Gasteiger partial charge in [0.1, 0.15) is 0 Å². The van der Waals surface area contributed by atoms with Crippen molar-refractivity contribution in [2.24, 2.45) is 5.73 Å². The molecule has 0 aliphatic rings. The predicted octanol–water partition coefficient (Wildman–Crippen LogP) is 13.7. The second-order valence-corrected chi connectivity index (χ2v) is 16.7. The molecular formula is C51H87N2O6P. The van der Waals surface area contributed by atoms with E-state index in [0.29, 0.717) is 6.42 Å². The summed E-state index contributed by atoms with van der Waals surface area (Å²) < 4.78 is 22.1. The number of rotatable bonds is 42. The lowest BCUT2D eigenvalue weighted by Gasteiger charge is -2.23. The van der Waals surface area contributed by atoms with E-state index >= 15 is 0 Å². The first-order valence-electron chi connectivity index (χ1n) is 23.5. The summed E-state index contributed by atoms with van der Waals surface area (Å²) in [6, 6.07) is -0.916. The van der Waals surface area contributed by atoms with E-state index in [0.717, 1.165) is 70.6 Å². The second kappa shape index (κ2) is 45.7. The number of aliphatic hydroxyl groups excluding tert-OH is 1. The van der Waals surface area contributed by atoms with E-state index in [2.05, 4.69) is 116 Å². The molecular weight excluding hydrogens is 768 g/mol. The Bertz CT molecular complexity index is 1300. The monoisotopic (exact) mass is 855 g/mol. The minimum atomic E-state index is -4.37. The zero-order valence-electron chi connectivity index (χ0n) is 37.9. The number of allylic oxidation sites excluding steroid dienone is 17. The van der Waals surface area contributed by atoms with Gasteiger partial charge in [-0.2, -0.15) is 0 Å². The molecule has 0 aromatic heterocycles. The third-order valence-electron chi connectivity index (χ3n) is 9.58. The van der Waals surface area contributed by atoms with Crippen LogP contribution in [0.5, 0.6) is 0 Å². The normalized spacial score (nSPS) is 14.9. The van der Waals surface area contributed by atoms with Gasteiger partial charge in [0.15, 0.2) is 0 Å². The number of phosphoric acid groups is 1. The van der Waals surface area contributed by atoms with Crippen molar-refractivity contribution in [3.63, 3.8) is 0 Å². The van der Waals surface area contributed by atoms with Gasteiger partial charge in [-0.25, -0.2) is 4.57 Å². The summed E-state index contributed by atoms with van der Waals surface area (Å²) in [5.41, 5.74) is 5.37. The van der Waals surface area contributed by atoms with Gasteiger partial charge >= 0.3 is 7.82 Å². The SMILES string of the molecule is CC/C=C\C/C=C\C/C=C\C/C=C\C/C=C\C/C=C\C/C=C\CCCC(=O)NC(COP(=O)(O)OCCN)C(O)/C=C/CC/C=C/CCCCCCCCCCCCCC. The summed E-state index contributed by atoms with van der Waals surface area (Å²) in [6.07, 6.45) is 64.4. The van der Waals surface area contributed by atoms with Crippen LogP contribution in [-0.4, -0.2) is 47.8 Å². The van der Waals surface area contributed by atoms with Crippen molar-refractivity contribution in [1.29, 1.82) is 0 Å². The molecule has 8 nitrogen and oxygen atoms in total. The molecule has 0 saturated carbocycles. The molecule has 1 amide bonds. The van der Waals surface area contributed by atoms with E-state index < -0.39 is 20.0 Å². The first-order chi connectivity index (χ1) is 29.4. The van der Waals surface area contributed by atoms with Gasteiger partial charge in [0.05, 0.1) is 25.4 Å². The number of nitrogens with one attached hydrogen (secondary N) is 1. The van der Waals surface area contributed by atoms with Crippen molar-refractivity contribution in [2.45, 2.75) is 187 Å². The molecule has 60 heavy (non-hydrogen) atoms. The maximum Gasteiger partial charge on any atom is 0.472 e. The summed E-state index contributed by atoms with van der Waals surface area (Å²) in [7, 11) is -4.37. The van der Waals surface area contributed by atoms with Crippen molar-refractivity contribution in [3.05, 3.63) is 109 Å². The van der Waals surface area contributed by atoms with Crippen molar-refractivity contribution in [3.8, 4) is 0 Å². The second-order valence-electron chi connectivity index (χ2n) is 15.2. The first-order valence-corrected chi connectivity index (χ1v) is 25.0. The number of aliphatic hydroxyl groups is 1. The van der Waals surface area contributed by atoms with Gasteiger partial charge in [-0.1, -0.05) is 194 Å². The van der Waals surface area contributed by atoms with Crippen molar-refractivity contribution in [2.75, 3.05) is 19.8 Å². The Morgan fingerprint density at radius 2 is 0.983 bits per heavy atom. The number of carbonyl (C=O) groups is 1. The molecule has 0 rings (SSSR count). The van der Waals surface area contributed by atoms with Crippen LogP contribution in [0.3, 0.4) is 0 Å². The van der Waals surface area contributed by atoms with Crippen LogP contribution in [0.2, 0.25) is 0 Å². The Balaban J connectivity index is 4.36. The van der Waals surface area contributed by atoms with Gasteiger partial charge in [0, 0.05) is 13.0 Å². The molecule has 0 aliphatic heterocycles. The van der Waals surface area contributed by atoms with Crippen LogP contribution in [0, 0.1) is 0 Å². The van der Waals surface area contributed by atoms with E-state index in [1.807, 2.05) is 6.08 Å². The quantitative estimate of drug-likeness (QED) is 0.0273. The Hall–Kier alpha value is -2.84. The van der Waals surface area contributed by atoms with E-state index in [9.17, 15) is 19.4 Å². The zero-order valence-corrected chi connectivity index (χ0v) is 38.8. The molecule has 0 saturated heterocycles. The topological polar surface area (TPSA) is 131 Å². The number of hydrogen-bond donors (Lipinski definition) is 4. The number of hydrogen-bond acceptors (Lipinski definition) is 6. The van der Waals surface area contributed by atoms with Crippen LogP contribution >= 0.6 is 7.82 Å². The Kier molecular flexibility index (Phi) is 43.5. The number of unbranched alkanes of at least 4 members (excludes halogenated alkanes) is 14. The highest BCUT2D eigenvalue weighted by molar-refractivity contribution is 7.47. The van der Waals surface area contributed by atoms with Crippen LogP contribution in [0.1, 0.15) is 174 Å². The zero-order chi connectivity index (χ0) is 43.9.